The quantitative estimate of drug-likeness (QED) is 0.259. The number of benzene rings is 4. The number of para-hydroxylation sites is 1. The second-order valence-corrected chi connectivity index (χ2v) is 8.64. The molecule has 2 nitrogen and oxygen atoms in total. The van der Waals surface area contributed by atoms with E-state index in [4.69, 9.17) is 4.42 Å². The van der Waals surface area contributed by atoms with Crippen LogP contribution in [-0.2, 0) is 0 Å². The van der Waals surface area contributed by atoms with E-state index in [2.05, 4.69) is 65.0 Å². The van der Waals surface area contributed by atoms with Crippen LogP contribution >= 0.6 is 11.3 Å². The van der Waals surface area contributed by atoms with Crippen LogP contribution in [-0.4, -0.2) is 4.98 Å². The van der Waals surface area contributed by atoms with Gasteiger partial charge in [-0.15, -0.1) is 11.3 Å². The number of fused-ring (bicyclic) bond motifs is 7. The highest BCUT2D eigenvalue weighted by Crippen LogP contribution is 2.41. The van der Waals surface area contributed by atoms with Gasteiger partial charge < -0.3 is 4.42 Å². The van der Waals surface area contributed by atoms with E-state index >= 15 is 0 Å². The third-order valence-corrected chi connectivity index (χ3v) is 6.87. The molecule has 0 unspecified atom stereocenters. The lowest BCUT2D eigenvalue weighted by Crippen LogP contribution is -1.86. The van der Waals surface area contributed by atoms with Gasteiger partial charge in [0, 0.05) is 33.4 Å². The summed E-state index contributed by atoms with van der Waals surface area (Å²) in [6, 6.07) is 26.0. The van der Waals surface area contributed by atoms with Gasteiger partial charge in [0.05, 0.1) is 0 Å². The molecular formula is C27H15NOS. The molecule has 7 rings (SSSR count). The number of pyridine rings is 1. The van der Waals surface area contributed by atoms with Crippen LogP contribution in [0.15, 0.2) is 95.0 Å². The molecule has 140 valence electrons. The molecule has 7 aromatic rings. The smallest absolute Gasteiger partial charge is 0.136 e. The second-order valence-electron chi connectivity index (χ2n) is 7.69. The Hall–Kier alpha value is -3.69. The molecule has 3 aromatic heterocycles. The fourth-order valence-corrected chi connectivity index (χ4v) is 5.41. The summed E-state index contributed by atoms with van der Waals surface area (Å²) in [7, 11) is 0. The first-order valence-corrected chi connectivity index (χ1v) is 10.8. The molecule has 0 N–H and O–H groups in total. The van der Waals surface area contributed by atoms with Crippen LogP contribution in [0.3, 0.4) is 0 Å². The minimum Gasteiger partial charge on any atom is -0.456 e. The lowest BCUT2D eigenvalue weighted by molar-refractivity contribution is 0.669. The van der Waals surface area contributed by atoms with E-state index in [1.54, 1.807) is 11.3 Å². The first kappa shape index (κ1) is 16.1. The summed E-state index contributed by atoms with van der Waals surface area (Å²) in [5.74, 6) is 0. The van der Waals surface area contributed by atoms with Gasteiger partial charge in [0.2, 0.25) is 0 Å². The molecule has 0 fully saturated rings. The molecule has 0 amide bonds. The SMILES string of the molecule is c1cncc(-c2cc3cc4sccc4cc3c3cc4oc5ccccc5c4cc23)c1. The average Bonchev–Trinajstić information content (AvgIpc) is 3.40. The Morgan fingerprint density at radius 3 is 2.57 bits per heavy atom. The van der Waals surface area contributed by atoms with Crippen molar-refractivity contribution in [3.8, 4) is 11.1 Å². The molecule has 0 aliphatic rings. The van der Waals surface area contributed by atoms with E-state index in [1.807, 2.05) is 30.6 Å². The Kier molecular flexibility index (Phi) is 3.18. The van der Waals surface area contributed by atoms with E-state index in [9.17, 15) is 0 Å². The normalized spacial score (nSPS) is 12.0. The summed E-state index contributed by atoms with van der Waals surface area (Å²) in [4.78, 5) is 4.38. The highest BCUT2D eigenvalue weighted by Gasteiger charge is 2.14. The zero-order chi connectivity index (χ0) is 19.7. The zero-order valence-electron chi connectivity index (χ0n) is 15.9. The molecular weight excluding hydrogens is 386 g/mol. The van der Waals surface area contributed by atoms with Crippen molar-refractivity contribution in [2.45, 2.75) is 0 Å². The van der Waals surface area contributed by atoms with Crippen LogP contribution in [0.4, 0.5) is 0 Å². The predicted molar refractivity (Wildman–Crippen MR) is 127 cm³/mol. The molecule has 0 radical (unpaired) electrons. The van der Waals surface area contributed by atoms with Crippen LogP contribution in [0.1, 0.15) is 0 Å². The fourth-order valence-electron chi connectivity index (χ4n) is 4.59. The van der Waals surface area contributed by atoms with Gasteiger partial charge in [0.1, 0.15) is 11.2 Å². The first-order chi connectivity index (χ1) is 14.8. The minimum atomic E-state index is 0.926. The molecule has 30 heavy (non-hydrogen) atoms. The number of rotatable bonds is 1. The molecule has 0 aliphatic carbocycles. The van der Waals surface area contributed by atoms with Crippen LogP contribution in [0.5, 0.6) is 0 Å². The Labute approximate surface area is 176 Å². The topological polar surface area (TPSA) is 26.0 Å². The molecule has 3 heteroatoms. The third kappa shape index (κ3) is 2.21. The summed E-state index contributed by atoms with van der Waals surface area (Å²) in [5.41, 5.74) is 4.19. The monoisotopic (exact) mass is 401 g/mol. The maximum absolute atomic E-state index is 6.22. The van der Waals surface area contributed by atoms with E-state index in [0.29, 0.717) is 0 Å². The van der Waals surface area contributed by atoms with Gasteiger partial charge in [-0.3, -0.25) is 4.98 Å². The zero-order valence-corrected chi connectivity index (χ0v) is 16.7. The maximum Gasteiger partial charge on any atom is 0.136 e. The molecule has 0 atom stereocenters. The van der Waals surface area contributed by atoms with Gasteiger partial charge in [-0.2, -0.15) is 0 Å². The summed E-state index contributed by atoms with van der Waals surface area (Å²) in [6.45, 7) is 0. The number of furan rings is 1. The summed E-state index contributed by atoms with van der Waals surface area (Å²) in [6.07, 6.45) is 3.77. The summed E-state index contributed by atoms with van der Waals surface area (Å²) < 4.78 is 7.53. The van der Waals surface area contributed by atoms with Gasteiger partial charge >= 0.3 is 0 Å². The number of hydrogen-bond acceptors (Lipinski definition) is 3. The van der Waals surface area contributed by atoms with Crippen molar-refractivity contribution in [2.75, 3.05) is 0 Å². The van der Waals surface area contributed by atoms with Crippen molar-refractivity contribution in [2.24, 2.45) is 0 Å². The van der Waals surface area contributed by atoms with Gasteiger partial charge in [-0.1, -0.05) is 24.3 Å². The van der Waals surface area contributed by atoms with Crippen LogP contribution in [0.2, 0.25) is 0 Å². The second kappa shape index (κ2) is 5.91. The van der Waals surface area contributed by atoms with E-state index in [0.717, 1.165) is 27.5 Å². The standard InChI is InChI=1S/C27H15NOS/c1-2-6-25-19(5-1)24-13-22-20(17-4-3-8-28-15-17)11-18-12-27-16(7-9-30-27)10-21(18)23(22)14-26(24)29-25/h1-15H. The molecule has 0 bridgehead atoms. The number of nitrogens with zero attached hydrogens (tertiary/aromatic N) is 1. The van der Waals surface area contributed by atoms with Crippen molar-refractivity contribution in [1.82, 2.24) is 4.98 Å². The van der Waals surface area contributed by atoms with Crippen LogP contribution < -0.4 is 0 Å². The molecule has 0 spiro atoms. The lowest BCUT2D eigenvalue weighted by atomic mass is 9.92. The summed E-state index contributed by atoms with van der Waals surface area (Å²) in [5, 5.41) is 10.7. The highest BCUT2D eigenvalue weighted by atomic mass is 32.1. The van der Waals surface area contributed by atoms with E-state index in [-0.39, 0.29) is 0 Å². The molecule has 4 aromatic carbocycles. The van der Waals surface area contributed by atoms with Crippen LogP contribution in [0, 0.1) is 0 Å². The fraction of sp³-hybridized carbons (Fsp3) is 0. The summed E-state index contributed by atoms with van der Waals surface area (Å²) >= 11 is 1.78. The van der Waals surface area contributed by atoms with Crippen molar-refractivity contribution in [3.05, 3.63) is 90.6 Å². The van der Waals surface area contributed by atoms with Gasteiger partial charge in [-0.05, 0) is 86.4 Å². The minimum absolute atomic E-state index is 0.926. The Bertz CT molecular complexity index is 1740. The maximum atomic E-state index is 6.22. The molecule has 3 heterocycles. The largest absolute Gasteiger partial charge is 0.456 e. The number of aromatic nitrogens is 1. The van der Waals surface area contributed by atoms with Crippen molar-refractivity contribution >= 4 is 64.9 Å². The first-order valence-electron chi connectivity index (χ1n) is 9.94. The Morgan fingerprint density at radius 1 is 0.667 bits per heavy atom. The molecule has 0 saturated carbocycles. The number of thiophene rings is 1. The lowest BCUT2D eigenvalue weighted by Gasteiger charge is -2.11. The number of hydrogen-bond donors (Lipinski definition) is 0. The van der Waals surface area contributed by atoms with Gasteiger partial charge in [-0.25, -0.2) is 0 Å². The molecule has 0 aliphatic heterocycles. The van der Waals surface area contributed by atoms with E-state index in [1.165, 1.54) is 37.2 Å². The Balaban J connectivity index is 1.72. The predicted octanol–water partition coefficient (Wildman–Crippen LogP) is 8.17. The molecule has 0 saturated heterocycles. The highest BCUT2D eigenvalue weighted by molar-refractivity contribution is 7.17. The Morgan fingerprint density at radius 2 is 1.63 bits per heavy atom. The van der Waals surface area contributed by atoms with E-state index < -0.39 is 0 Å². The van der Waals surface area contributed by atoms with Crippen molar-refractivity contribution in [1.29, 1.82) is 0 Å². The van der Waals surface area contributed by atoms with Crippen LogP contribution in [0.25, 0.3) is 64.7 Å². The van der Waals surface area contributed by atoms with Gasteiger partial charge in [0.15, 0.2) is 0 Å². The van der Waals surface area contributed by atoms with Crippen molar-refractivity contribution < 1.29 is 4.42 Å². The average molecular weight is 401 g/mol. The van der Waals surface area contributed by atoms with Gasteiger partial charge in [0.25, 0.3) is 0 Å². The van der Waals surface area contributed by atoms with Crippen molar-refractivity contribution in [3.63, 3.8) is 0 Å². The third-order valence-electron chi connectivity index (χ3n) is 5.99.